The standard InChI is InChI=1S/C20H16FN5O3S/c1-25-17-15(19(28)26(2)20(25)29)7-13(9-22-17)23-16(27)8-14-10-30-18(24-14)11-4-3-5-12(21)6-11/h3-7,9-10H,8H2,1-2H3,(H,23,27). The molecule has 0 aliphatic rings. The lowest BCUT2D eigenvalue weighted by Crippen LogP contribution is -2.37. The molecule has 4 aromatic rings. The Morgan fingerprint density at radius 3 is 2.77 bits per heavy atom. The van der Waals surface area contributed by atoms with Gasteiger partial charge in [-0.25, -0.2) is 19.2 Å². The number of thiazole rings is 1. The van der Waals surface area contributed by atoms with Crippen molar-refractivity contribution in [1.82, 2.24) is 19.1 Å². The minimum Gasteiger partial charge on any atom is -0.324 e. The van der Waals surface area contributed by atoms with Crippen LogP contribution in [0.2, 0.25) is 0 Å². The van der Waals surface area contributed by atoms with E-state index >= 15 is 0 Å². The highest BCUT2D eigenvalue weighted by Gasteiger charge is 2.13. The molecule has 8 nitrogen and oxygen atoms in total. The SMILES string of the molecule is Cn1c(=O)c2cc(NC(=O)Cc3csc(-c4cccc(F)c4)n3)cnc2n(C)c1=O. The number of pyridine rings is 1. The van der Waals surface area contributed by atoms with Crippen molar-refractivity contribution in [2.45, 2.75) is 6.42 Å². The number of aromatic nitrogens is 4. The quantitative estimate of drug-likeness (QED) is 0.540. The summed E-state index contributed by atoms with van der Waals surface area (Å²) in [5.41, 5.74) is 0.796. The topological polar surface area (TPSA) is 98.9 Å². The Kier molecular flexibility index (Phi) is 5.00. The zero-order valence-electron chi connectivity index (χ0n) is 16.0. The number of halogens is 1. The van der Waals surface area contributed by atoms with Gasteiger partial charge in [0.05, 0.1) is 29.4 Å². The van der Waals surface area contributed by atoms with Crippen molar-refractivity contribution in [3.8, 4) is 10.6 Å². The molecule has 0 bridgehead atoms. The first-order valence-electron chi connectivity index (χ1n) is 8.89. The summed E-state index contributed by atoms with van der Waals surface area (Å²) >= 11 is 1.32. The molecule has 1 amide bonds. The molecule has 3 heterocycles. The summed E-state index contributed by atoms with van der Waals surface area (Å²) in [4.78, 5) is 45.3. The van der Waals surface area contributed by atoms with E-state index in [4.69, 9.17) is 0 Å². The molecular formula is C20H16FN5O3S. The fourth-order valence-corrected chi connectivity index (χ4v) is 3.86. The molecule has 3 aromatic heterocycles. The van der Waals surface area contributed by atoms with Crippen molar-refractivity contribution in [3.05, 3.63) is 74.3 Å². The second-order valence-electron chi connectivity index (χ2n) is 6.68. The number of rotatable bonds is 4. The van der Waals surface area contributed by atoms with E-state index in [0.717, 1.165) is 4.57 Å². The van der Waals surface area contributed by atoms with Gasteiger partial charge in [0, 0.05) is 25.0 Å². The van der Waals surface area contributed by atoms with Crippen LogP contribution in [0.25, 0.3) is 21.6 Å². The summed E-state index contributed by atoms with van der Waals surface area (Å²) in [5.74, 6) is -0.691. The highest BCUT2D eigenvalue weighted by Crippen LogP contribution is 2.24. The molecule has 10 heteroatoms. The number of amides is 1. The van der Waals surface area contributed by atoms with Crippen LogP contribution in [0, 0.1) is 5.82 Å². The van der Waals surface area contributed by atoms with Crippen molar-refractivity contribution in [2.24, 2.45) is 14.1 Å². The average molecular weight is 425 g/mol. The summed E-state index contributed by atoms with van der Waals surface area (Å²) in [6, 6.07) is 7.58. The minimum atomic E-state index is -0.490. The summed E-state index contributed by atoms with van der Waals surface area (Å²) in [7, 11) is 2.90. The van der Waals surface area contributed by atoms with Crippen molar-refractivity contribution in [2.75, 3.05) is 5.32 Å². The lowest BCUT2D eigenvalue weighted by molar-refractivity contribution is -0.115. The Hall–Kier alpha value is -3.66. The van der Waals surface area contributed by atoms with E-state index in [9.17, 15) is 18.8 Å². The van der Waals surface area contributed by atoms with Gasteiger partial charge in [-0.05, 0) is 18.2 Å². The third-order valence-corrected chi connectivity index (χ3v) is 5.48. The van der Waals surface area contributed by atoms with Crippen LogP contribution in [-0.2, 0) is 25.3 Å². The predicted molar refractivity (Wildman–Crippen MR) is 112 cm³/mol. The highest BCUT2D eigenvalue weighted by molar-refractivity contribution is 7.13. The first-order valence-corrected chi connectivity index (χ1v) is 9.77. The number of carbonyl (C=O) groups excluding carboxylic acids is 1. The van der Waals surface area contributed by atoms with E-state index < -0.39 is 11.2 Å². The van der Waals surface area contributed by atoms with Crippen molar-refractivity contribution >= 4 is 34.0 Å². The molecule has 0 aliphatic carbocycles. The van der Waals surface area contributed by atoms with Gasteiger partial charge < -0.3 is 5.32 Å². The molecule has 0 fully saturated rings. The smallest absolute Gasteiger partial charge is 0.324 e. The normalized spacial score (nSPS) is 11.0. The molecule has 0 spiro atoms. The first-order chi connectivity index (χ1) is 14.3. The van der Waals surface area contributed by atoms with E-state index in [1.54, 1.807) is 17.5 Å². The second-order valence-corrected chi connectivity index (χ2v) is 7.54. The number of aryl methyl sites for hydroxylation is 1. The van der Waals surface area contributed by atoms with Gasteiger partial charge in [-0.15, -0.1) is 11.3 Å². The van der Waals surface area contributed by atoms with E-state index in [-0.39, 0.29) is 29.2 Å². The molecule has 0 saturated heterocycles. The van der Waals surface area contributed by atoms with Crippen LogP contribution in [0.15, 0.2) is 51.5 Å². The lowest BCUT2D eigenvalue weighted by atomic mass is 10.2. The number of nitrogens with one attached hydrogen (secondary N) is 1. The summed E-state index contributed by atoms with van der Waals surface area (Å²) in [5, 5.41) is 5.27. The Labute approximate surface area is 173 Å². The zero-order valence-corrected chi connectivity index (χ0v) is 16.9. The van der Waals surface area contributed by atoms with E-state index in [1.807, 2.05) is 0 Å². The average Bonchev–Trinajstić information content (AvgIpc) is 3.19. The molecule has 0 atom stereocenters. The van der Waals surface area contributed by atoms with Crippen LogP contribution in [0.5, 0.6) is 0 Å². The Morgan fingerprint density at radius 1 is 1.20 bits per heavy atom. The van der Waals surface area contributed by atoms with Crippen LogP contribution in [0.3, 0.4) is 0 Å². The number of carbonyl (C=O) groups is 1. The van der Waals surface area contributed by atoms with E-state index in [0.29, 0.717) is 22.0 Å². The van der Waals surface area contributed by atoms with Crippen LogP contribution in [0.4, 0.5) is 10.1 Å². The van der Waals surface area contributed by atoms with Gasteiger partial charge in [0.1, 0.15) is 16.5 Å². The van der Waals surface area contributed by atoms with Gasteiger partial charge in [-0.2, -0.15) is 0 Å². The summed E-state index contributed by atoms with van der Waals surface area (Å²) in [6.45, 7) is 0. The van der Waals surface area contributed by atoms with Crippen molar-refractivity contribution < 1.29 is 9.18 Å². The summed E-state index contributed by atoms with van der Waals surface area (Å²) < 4.78 is 15.6. The van der Waals surface area contributed by atoms with Gasteiger partial charge in [0.15, 0.2) is 0 Å². The zero-order chi connectivity index (χ0) is 21.4. The van der Waals surface area contributed by atoms with Crippen LogP contribution in [-0.4, -0.2) is 25.0 Å². The van der Waals surface area contributed by atoms with Gasteiger partial charge in [-0.1, -0.05) is 12.1 Å². The van der Waals surface area contributed by atoms with E-state index in [2.05, 4.69) is 15.3 Å². The first kappa shape index (κ1) is 19.6. The molecule has 30 heavy (non-hydrogen) atoms. The maximum atomic E-state index is 13.4. The van der Waals surface area contributed by atoms with Crippen LogP contribution < -0.4 is 16.6 Å². The molecule has 152 valence electrons. The molecule has 0 radical (unpaired) electrons. The fraction of sp³-hybridized carbons (Fsp3) is 0.150. The molecule has 1 aromatic carbocycles. The van der Waals surface area contributed by atoms with E-state index in [1.165, 1.54) is 54.4 Å². The number of benzene rings is 1. The number of anilines is 1. The van der Waals surface area contributed by atoms with Crippen molar-refractivity contribution in [1.29, 1.82) is 0 Å². The van der Waals surface area contributed by atoms with Gasteiger partial charge >= 0.3 is 5.69 Å². The summed E-state index contributed by atoms with van der Waals surface area (Å²) in [6.07, 6.45) is 1.40. The number of hydrogen-bond acceptors (Lipinski definition) is 6. The third-order valence-electron chi connectivity index (χ3n) is 4.54. The molecule has 0 unspecified atom stereocenters. The predicted octanol–water partition coefficient (Wildman–Crippen LogP) is 2.08. The van der Waals surface area contributed by atoms with Crippen molar-refractivity contribution in [3.63, 3.8) is 0 Å². The largest absolute Gasteiger partial charge is 0.332 e. The highest BCUT2D eigenvalue weighted by atomic mass is 32.1. The number of fused-ring (bicyclic) bond motifs is 1. The third kappa shape index (κ3) is 3.64. The lowest BCUT2D eigenvalue weighted by Gasteiger charge is -2.09. The van der Waals surface area contributed by atoms with Crippen LogP contribution >= 0.6 is 11.3 Å². The monoisotopic (exact) mass is 425 g/mol. The van der Waals surface area contributed by atoms with Crippen LogP contribution in [0.1, 0.15) is 5.69 Å². The van der Waals surface area contributed by atoms with Gasteiger partial charge in [0.2, 0.25) is 5.91 Å². The maximum Gasteiger partial charge on any atom is 0.332 e. The maximum absolute atomic E-state index is 13.4. The Morgan fingerprint density at radius 2 is 2.00 bits per heavy atom. The molecule has 1 N–H and O–H groups in total. The number of hydrogen-bond donors (Lipinski definition) is 1. The molecule has 0 saturated carbocycles. The molecular weight excluding hydrogens is 409 g/mol. The number of nitrogens with zero attached hydrogens (tertiary/aromatic N) is 4. The molecule has 4 rings (SSSR count). The molecule has 0 aliphatic heterocycles. The Bertz CT molecular complexity index is 1410. The van der Waals surface area contributed by atoms with Gasteiger partial charge in [-0.3, -0.25) is 18.7 Å². The van der Waals surface area contributed by atoms with Gasteiger partial charge in [0.25, 0.3) is 5.56 Å². The fourth-order valence-electron chi connectivity index (χ4n) is 3.05. The Balaban J connectivity index is 1.54. The second kappa shape index (κ2) is 7.64. The minimum absolute atomic E-state index is 0.00907.